The SMILES string of the molecule is Nc1cc(C(=O)N(CCO)C2CCCC2)cc(Cl)c1Cl. The third kappa shape index (κ3) is 3.19. The molecule has 1 aromatic rings. The summed E-state index contributed by atoms with van der Waals surface area (Å²) in [7, 11) is 0. The molecule has 20 heavy (non-hydrogen) atoms. The molecule has 6 heteroatoms. The van der Waals surface area contributed by atoms with Crippen LogP contribution in [0.5, 0.6) is 0 Å². The normalized spacial score (nSPS) is 15.6. The molecule has 0 unspecified atom stereocenters. The molecule has 3 N–H and O–H groups in total. The minimum absolute atomic E-state index is 0.0565. The Labute approximate surface area is 128 Å². The Morgan fingerprint density at radius 3 is 2.55 bits per heavy atom. The summed E-state index contributed by atoms with van der Waals surface area (Å²) < 4.78 is 0. The molecule has 0 bridgehead atoms. The van der Waals surface area contributed by atoms with Crippen molar-refractivity contribution in [3.05, 3.63) is 27.7 Å². The zero-order valence-electron chi connectivity index (χ0n) is 11.1. The van der Waals surface area contributed by atoms with Crippen LogP contribution in [-0.2, 0) is 0 Å². The number of carbonyl (C=O) groups excluding carboxylic acids is 1. The lowest BCUT2D eigenvalue weighted by Gasteiger charge is -2.28. The van der Waals surface area contributed by atoms with Crippen LogP contribution in [0.3, 0.4) is 0 Å². The molecule has 1 aromatic carbocycles. The first-order valence-electron chi connectivity index (χ1n) is 6.71. The maximum atomic E-state index is 12.6. The van der Waals surface area contributed by atoms with Crippen LogP contribution in [0.15, 0.2) is 12.1 Å². The lowest BCUT2D eigenvalue weighted by atomic mass is 10.1. The third-order valence-electron chi connectivity index (χ3n) is 3.67. The molecule has 4 nitrogen and oxygen atoms in total. The van der Waals surface area contributed by atoms with E-state index in [0.717, 1.165) is 25.7 Å². The first-order chi connectivity index (χ1) is 9.54. The number of halogens is 2. The number of amides is 1. The van der Waals surface area contributed by atoms with Crippen LogP contribution in [0.1, 0.15) is 36.0 Å². The number of anilines is 1. The van der Waals surface area contributed by atoms with E-state index in [1.165, 1.54) is 12.1 Å². The molecule has 0 radical (unpaired) electrons. The van der Waals surface area contributed by atoms with Crippen LogP contribution < -0.4 is 5.73 Å². The summed E-state index contributed by atoms with van der Waals surface area (Å²) in [5.41, 5.74) is 6.45. The Balaban J connectivity index is 2.27. The molecule has 1 fully saturated rings. The zero-order valence-corrected chi connectivity index (χ0v) is 12.6. The van der Waals surface area contributed by atoms with E-state index in [1.807, 2.05) is 0 Å². The number of aliphatic hydroxyl groups excluding tert-OH is 1. The van der Waals surface area contributed by atoms with Gasteiger partial charge in [0.1, 0.15) is 0 Å². The number of rotatable bonds is 4. The minimum atomic E-state index is -0.156. The molecule has 0 aliphatic heterocycles. The second-order valence-electron chi connectivity index (χ2n) is 5.02. The fourth-order valence-corrected chi connectivity index (χ4v) is 3.01. The van der Waals surface area contributed by atoms with Crippen LogP contribution in [0.25, 0.3) is 0 Å². The summed E-state index contributed by atoms with van der Waals surface area (Å²) in [6.45, 7) is 0.267. The molecule has 0 atom stereocenters. The van der Waals surface area contributed by atoms with Gasteiger partial charge in [0, 0.05) is 18.2 Å². The summed E-state index contributed by atoms with van der Waals surface area (Å²) in [6, 6.07) is 3.25. The maximum Gasteiger partial charge on any atom is 0.254 e. The van der Waals surface area contributed by atoms with Gasteiger partial charge in [-0.3, -0.25) is 4.79 Å². The molecule has 1 saturated carbocycles. The van der Waals surface area contributed by atoms with Gasteiger partial charge in [-0.1, -0.05) is 36.0 Å². The van der Waals surface area contributed by atoms with Gasteiger partial charge in [0.05, 0.1) is 22.3 Å². The number of nitrogens with zero attached hydrogens (tertiary/aromatic N) is 1. The highest BCUT2D eigenvalue weighted by Gasteiger charge is 2.27. The Morgan fingerprint density at radius 2 is 2.00 bits per heavy atom. The quantitative estimate of drug-likeness (QED) is 0.839. The molecule has 2 rings (SSSR count). The molecule has 0 heterocycles. The smallest absolute Gasteiger partial charge is 0.254 e. The van der Waals surface area contributed by atoms with E-state index in [2.05, 4.69) is 0 Å². The second kappa shape index (κ2) is 6.66. The lowest BCUT2D eigenvalue weighted by molar-refractivity contribution is 0.0638. The Morgan fingerprint density at radius 1 is 1.35 bits per heavy atom. The molecule has 0 aromatic heterocycles. The van der Waals surface area contributed by atoms with E-state index in [9.17, 15) is 9.90 Å². The number of benzene rings is 1. The van der Waals surface area contributed by atoms with Crippen LogP contribution in [-0.4, -0.2) is 35.1 Å². The number of hydrogen-bond acceptors (Lipinski definition) is 3. The molecule has 0 spiro atoms. The number of aliphatic hydroxyl groups is 1. The molecular formula is C14H18Cl2N2O2. The minimum Gasteiger partial charge on any atom is -0.397 e. The highest BCUT2D eigenvalue weighted by molar-refractivity contribution is 6.43. The molecule has 1 aliphatic carbocycles. The summed E-state index contributed by atoms with van der Waals surface area (Å²) in [6.07, 6.45) is 4.18. The van der Waals surface area contributed by atoms with Gasteiger partial charge in [0.2, 0.25) is 0 Å². The predicted molar refractivity (Wildman–Crippen MR) is 81.3 cm³/mol. The molecule has 1 aliphatic rings. The van der Waals surface area contributed by atoms with Crippen molar-refractivity contribution in [2.75, 3.05) is 18.9 Å². The third-order valence-corrected chi connectivity index (χ3v) is 4.49. The van der Waals surface area contributed by atoms with Gasteiger partial charge in [0.15, 0.2) is 0 Å². The first-order valence-corrected chi connectivity index (χ1v) is 7.46. The van der Waals surface area contributed by atoms with E-state index in [4.69, 9.17) is 28.9 Å². The van der Waals surface area contributed by atoms with Gasteiger partial charge in [-0.2, -0.15) is 0 Å². The van der Waals surface area contributed by atoms with Crippen LogP contribution in [0, 0.1) is 0 Å². The first kappa shape index (κ1) is 15.4. The van der Waals surface area contributed by atoms with Gasteiger partial charge in [-0.25, -0.2) is 0 Å². The molecule has 1 amide bonds. The van der Waals surface area contributed by atoms with Gasteiger partial charge in [0.25, 0.3) is 5.91 Å². The van der Waals surface area contributed by atoms with Gasteiger partial charge in [-0.15, -0.1) is 0 Å². The summed E-state index contributed by atoms with van der Waals surface area (Å²) in [4.78, 5) is 14.3. The number of carbonyl (C=O) groups is 1. The van der Waals surface area contributed by atoms with E-state index in [1.54, 1.807) is 4.90 Å². The molecule has 110 valence electrons. The monoisotopic (exact) mass is 316 g/mol. The predicted octanol–water partition coefficient (Wildman–Crippen LogP) is 2.95. The highest BCUT2D eigenvalue weighted by Crippen LogP contribution is 2.31. The van der Waals surface area contributed by atoms with Crippen LogP contribution >= 0.6 is 23.2 Å². The number of nitrogens with two attached hydrogens (primary N) is 1. The fraction of sp³-hybridized carbons (Fsp3) is 0.500. The van der Waals surface area contributed by atoms with E-state index in [0.29, 0.717) is 12.1 Å². The average Bonchev–Trinajstić information content (AvgIpc) is 2.94. The topological polar surface area (TPSA) is 66.6 Å². The average molecular weight is 317 g/mol. The van der Waals surface area contributed by atoms with E-state index < -0.39 is 0 Å². The van der Waals surface area contributed by atoms with Crippen molar-refractivity contribution in [1.29, 1.82) is 0 Å². The zero-order chi connectivity index (χ0) is 14.7. The van der Waals surface area contributed by atoms with Crippen molar-refractivity contribution in [2.24, 2.45) is 0 Å². The summed E-state index contributed by atoms with van der Waals surface area (Å²) in [5.74, 6) is -0.156. The van der Waals surface area contributed by atoms with Crippen molar-refractivity contribution >= 4 is 34.8 Å². The Bertz CT molecular complexity index is 479. The number of nitrogen functional groups attached to an aromatic ring is 1. The lowest BCUT2D eigenvalue weighted by Crippen LogP contribution is -2.40. The summed E-state index contributed by atoms with van der Waals surface area (Å²) in [5, 5.41) is 9.71. The summed E-state index contributed by atoms with van der Waals surface area (Å²) >= 11 is 11.9. The van der Waals surface area contributed by atoms with Crippen LogP contribution in [0.4, 0.5) is 5.69 Å². The molecule has 0 saturated heterocycles. The van der Waals surface area contributed by atoms with Crippen molar-refractivity contribution in [3.8, 4) is 0 Å². The van der Waals surface area contributed by atoms with Gasteiger partial charge < -0.3 is 15.7 Å². The van der Waals surface area contributed by atoms with Crippen molar-refractivity contribution in [1.82, 2.24) is 4.90 Å². The second-order valence-corrected chi connectivity index (χ2v) is 5.81. The van der Waals surface area contributed by atoms with Crippen molar-refractivity contribution in [3.63, 3.8) is 0 Å². The largest absolute Gasteiger partial charge is 0.397 e. The standard InChI is InChI=1S/C14H18Cl2N2O2/c15-11-7-9(8-12(17)13(11)16)14(20)18(5-6-19)10-3-1-2-4-10/h7-8,10,19H,1-6,17H2. The van der Waals surface area contributed by atoms with Gasteiger partial charge in [-0.05, 0) is 25.0 Å². The number of hydrogen-bond donors (Lipinski definition) is 2. The van der Waals surface area contributed by atoms with E-state index >= 15 is 0 Å². The van der Waals surface area contributed by atoms with Crippen LogP contribution in [0.2, 0.25) is 10.0 Å². The van der Waals surface area contributed by atoms with E-state index in [-0.39, 0.29) is 34.3 Å². The van der Waals surface area contributed by atoms with Crippen molar-refractivity contribution in [2.45, 2.75) is 31.7 Å². The fourth-order valence-electron chi connectivity index (χ4n) is 2.67. The Kier molecular flexibility index (Phi) is 5.13. The Hall–Kier alpha value is -0.970. The molecular weight excluding hydrogens is 299 g/mol. The van der Waals surface area contributed by atoms with Gasteiger partial charge >= 0.3 is 0 Å². The highest BCUT2D eigenvalue weighted by atomic mass is 35.5. The van der Waals surface area contributed by atoms with Crippen molar-refractivity contribution < 1.29 is 9.90 Å². The maximum absolute atomic E-state index is 12.6.